The number of hydrogen-bond donors (Lipinski definition) is 0. The van der Waals surface area contributed by atoms with Crippen molar-refractivity contribution >= 4 is 34.8 Å². The van der Waals surface area contributed by atoms with Gasteiger partial charge < -0.3 is 4.57 Å². The number of aromatic nitrogens is 2. The Labute approximate surface area is 115 Å². The lowest BCUT2D eigenvalue weighted by molar-refractivity contribution is -0.137. The number of alkyl halides is 3. The third kappa shape index (κ3) is 2.58. The Morgan fingerprint density at radius 3 is 2.33 bits per heavy atom. The molecule has 18 heavy (non-hydrogen) atoms. The van der Waals surface area contributed by atoms with Gasteiger partial charge in [0.1, 0.15) is 5.15 Å². The molecule has 0 aliphatic carbocycles. The number of hydrogen-bond acceptors (Lipinski definition) is 1. The topological polar surface area (TPSA) is 17.8 Å². The molecule has 2 heterocycles. The van der Waals surface area contributed by atoms with Gasteiger partial charge in [0.15, 0.2) is 5.82 Å². The summed E-state index contributed by atoms with van der Waals surface area (Å²) in [4.78, 5) is 3.64. The summed E-state index contributed by atoms with van der Waals surface area (Å²) in [7, 11) is 0. The maximum atomic E-state index is 12.6. The Balaban J connectivity index is 2.56. The van der Waals surface area contributed by atoms with E-state index in [0.29, 0.717) is 5.02 Å². The molecule has 0 amide bonds. The van der Waals surface area contributed by atoms with Crippen LogP contribution in [0.1, 0.15) is 5.56 Å². The van der Waals surface area contributed by atoms with Gasteiger partial charge >= 0.3 is 6.18 Å². The van der Waals surface area contributed by atoms with E-state index in [0.717, 1.165) is 6.07 Å². The molecule has 0 bridgehead atoms. The van der Waals surface area contributed by atoms with Gasteiger partial charge in [-0.2, -0.15) is 13.2 Å². The smallest absolute Gasteiger partial charge is 0.306 e. The van der Waals surface area contributed by atoms with Crippen molar-refractivity contribution in [1.29, 1.82) is 0 Å². The van der Waals surface area contributed by atoms with Crippen LogP contribution in [-0.4, -0.2) is 9.55 Å². The molecule has 0 saturated heterocycles. The van der Waals surface area contributed by atoms with Crippen molar-refractivity contribution in [1.82, 2.24) is 9.55 Å². The molecular formula is C10H4Cl3F3N2. The molecule has 0 aromatic carbocycles. The fraction of sp³-hybridized carbons (Fsp3) is 0.100. The summed E-state index contributed by atoms with van der Waals surface area (Å²) in [5.74, 6) is 0.0848. The highest BCUT2D eigenvalue weighted by Gasteiger charge is 2.35. The summed E-state index contributed by atoms with van der Waals surface area (Å²) in [6.07, 6.45) is -1.62. The summed E-state index contributed by atoms with van der Waals surface area (Å²) in [6.45, 7) is 0. The van der Waals surface area contributed by atoms with E-state index >= 15 is 0 Å². The first-order chi connectivity index (χ1) is 8.29. The Bertz CT molecular complexity index is 593. The van der Waals surface area contributed by atoms with Gasteiger partial charge in [0.25, 0.3) is 0 Å². The van der Waals surface area contributed by atoms with E-state index in [1.807, 2.05) is 0 Å². The summed E-state index contributed by atoms with van der Waals surface area (Å²) >= 11 is 17.0. The highest BCUT2D eigenvalue weighted by atomic mass is 35.5. The van der Waals surface area contributed by atoms with Gasteiger partial charge in [-0.05, 0) is 12.1 Å². The Kier molecular flexibility index (Phi) is 3.49. The average Bonchev–Trinajstić information content (AvgIpc) is 2.66. The lowest BCUT2D eigenvalue weighted by Gasteiger charge is -2.11. The van der Waals surface area contributed by atoms with Crippen LogP contribution >= 0.6 is 34.8 Å². The SMILES string of the molecule is FC(F)(F)c1cc(Cl)c(-n2ccc(Cl)c2)nc1Cl. The molecule has 2 nitrogen and oxygen atoms in total. The first-order valence-electron chi connectivity index (χ1n) is 4.56. The molecular weight excluding hydrogens is 311 g/mol. The highest BCUT2D eigenvalue weighted by Crippen LogP contribution is 2.36. The summed E-state index contributed by atoms with van der Waals surface area (Å²) in [6, 6.07) is 2.28. The van der Waals surface area contributed by atoms with Crippen molar-refractivity contribution in [3.05, 3.63) is 45.3 Å². The second kappa shape index (κ2) is 4.64. The molecule has 0 fully saturated rings. The van der Waals surface area contributed by atoms with Crippen LogP contribution in [0.25, 0.3) is 5.82 Å². The van der Waals surface area contributed by atoms with Crippen LogP contribution in [0.5, 0.6) is 0 Å². The normalized spacial score (nSPS) is 11.9. The molecule has 0 N–H and O–H groups in total. The first kappa shape index (κ1) is 13.5. The standard InChI is InChI=1S/C10H4Cl3F3N2/c11-5-1-2-18(4-5)9-7(12)3-6(8(13)17-9)10(14,15)16/h1-4H. The lowest BCUT2D eigenvalue weighted by Crippen LogP contribution is -2.09. The Morgan fingerprint density at radius 1 is 1.17 bits per heavy atom. The third-order valence-corrected chi connectivity index (χ3v) is 2.91. The second-order valence-corrected chi connectivity index (χ2v) is 4.57. The predicted octanol–water partition coefficient (Wildman–Crippen LogP) is 4.85. The van der Waals surface area contributed by atoms with Crippen LogP contribution in [-0.2, 0) is 6.18 Å². The molecule has 2 rings (SSSR count). The van der Waals surface area contributed by atoms with Crippen LogP contribution < -0.4 is 0 Å². The lowest BCUT2D eigenvalue weighted by atomic mass is 10.2. The van der Waals surface area contributed by atoms with Gasteiger partial charge in [-0.3, -0.25) is 0 Å². The minimum absolute atomic E-state index is 0.0848. The van der Waals surface area contributed by atoms with E-state index in [4.69, 9.17) is 34.8 Å². The fourth-order valence-electron chi connectivity index (χ4n) is 1.34. The van der Waals surface area contributed by atoms with Crippen LogP contribution in [0.3, 0.4) is 0 Å². The van der Waals surface area contributed by atoms with E-state index in [9.17, 15) is 13.2 Å². The number of rotatable bonds is 1. The van der Waals surface area contributed by atoms with Gasteiger partial charge in [0, 0.05) is 12.4 Å². The van der Waals surface area contributed by atoms with Crippen molar-refractivity contribution < 1.29 is 13.2 Å². The Morgan fingerprint density at radius 2 is 1.83 bits per heavy atom. The second-order valence-electron chi connectivity index (χ2n) is 3.37. The van der Waals surface area contributed by atoms with E-state index < -0.39 is 16.9 Å². The van der Waals surface area contributed by atoms with Gasteiger partial charge in [0.2, 0.25) is 0 Å². The van der Waals surface area contributed by atoms with Crippen LogP contribution in [0.2, 0.25) is 15.2 Å². The summed E-state index contributed by atoms with van der Waals surface area (Å²) < 4.78 is 39.1. The highest BCUT2D eigenvalue weighted by molar-refractivity contribution is 6.34. The van der Waals surface area contributed by atoms with Crippen LogP contribution in [0, 0.1) is 0 Å². The third-order valence-electron chi connectivity index (χ3n) is 2.12. The van der Waals surface area contributed by atoms with Crippen molar-refractivity contribution in [2.75, 3.05) is 0 Å². The molecule has 0 spiro atoms. The monoisotopic (exact) mass is 314 g/mol. The minimum Gasteiger partial charge on any atom is -0.306 e. The summed E-state index contributed by atoms with van der Waals surface area (Å²) in [5.41, 5.74) is -1.07. The van der Waals surface area contributed by atoms with Crippen molar-refractivity contribution in [2.45, 2.75) is 6.18 Å². The van der Waals surface area contributed by atoms with E-state index in [1.54, 1.807) is 6.07 Å². The molecule has 96 valence electrons. The zero-order chi connectivity index (χ0) is 13.5. The van der Waals surface area contributed by atoms with Gasteiger partial charge in [-0.15, -0.1) is 0 Å². The number of halogens is 6. The zero-order valence-corrected chi connectivity index (χ0v) is 10.7. The molecule has 8 heteroatoms. The molecule has 0 aliphatic rings. The zero-order valence-electron chi connectivity index (χ0n) is 8.47. The van der Waals surface area contributed by atoms with E-state index in [1.165, 1.54) is 17.0 Å². The van der Waals surface area contributed by atoms with Gasteiger partial charge in [-0.1, -0.05) is 34.8 Å². The molecule has 2 aromatic heterocycles. The molecule has 0 atom stereocenters. The molecule has 0 radical (unpaired) electrons. The molecule has 2 aromatic rings. The quantitative estimate of drug-likeness (QED) is 0.688. The van der Waals surface area contributed by atoms with Gasteiger partial charge in [-0.25, -0.2) is 4.98 Å². The van der Waals surface area contributed by atoms with Crippen LogP contribution in [0.15, 0.2) is 24.5 Å². The minimum atomic E-state index is -4.60. The maximum absolute atomic E-state index is 12.6. The van der Waals surface area contributed by atoms with Crippen molar-refractivity contribution in [3.8, 4) is 5.82 Å². The van der Waals surface area contributed by atoms with Crippen LogP contribution in [0.4, 0.5) is 13.2 Å². The fourth-order valence-corrected chi connectivity index (χ4v) is 1.99. The first-order valence-corrected chi connectivity index (χ1v) is 5.69. The van der Waals surface area contributed by atoms with Crippen molar-refractivity contribution in [2.24, 2.45) is 0 Å². The summed E-state index contributed by atoms with van der Waals surface area (Å²) in [5, 5.41) is -0.422. The maximum Gasteiger partial charge on any atom is 0.419 e. The molecule has 0 saturated carbocycles. The average molecular weight is 316 g/mol. The largest absolute Gasteiger partial charge is 0.419 e. The van der Waals surface area contributed by atoms with Crippen molar-refractivity contribution in [3.63, 3.8) is 0 Å². The number of pyridine rings is 1. The number of nitrogens with zero attached hydrogens (tertiary/aromatic N) is 2. The Hall–Kier alpha value is -0.910. The van der Waals surface area contributed by atoms with E-state index in [2.05, 4.69) is 4.98 Å². The predicted molar refractivity (Wildman–Crippen MR) is 63.6 cm³/mol. The molecule has 0 unspecified atom stereocenters. The van der Waals surface area contributed by atoms with E-state index in [-0.39, 0.29) is 10.8 Å². The van der Waals surface area contributed by atoms with Gasteiger partial charge in [0.05, 0.1) is 15.6 Å². The molecule has 0 aliphatic heterocycles.